The van der Waals surface area contributed by atoms with Crippen LogP contribution < -0.4 is 0 Å². The average molecular weight is 174 g/mol. The first-order valence-corrected chi connectivity index (χ1v) is 3.81. The number of nitriles is 1. The monoisotopic (exact) mass is 174 g/mol. The maximum atomic E-state index is 8.42. The highest BCUT2D eigenvalue weighted by atomic mass is 32.1. The van der Waals surface area contributed by atoms with E-state index in [1.165, 1.54) is 0 Å². The number of aliphatic imine (C=N–C) groups is 1. The third-order valence-electron chi connectivity index (χ3n) is 1.37. The second-order valence-corrected chi connectivity index (χ2v) is 2.39. The molecule has 12 heavy (non-hydrogen) atoms. The molecule has 1 aromatic rings. The number of nitrogens with zero attached hydrogens (tertiary/aromatic N) is 2. The van der Waals surface area contributed by atoms with Gasteiger partial charge in [0.25, 0.3) is 0 Å². The molecular formula is C9H6N2S. The van der Waals surface area contributed by atoms with Gasteiger partial charge in [0.1, 0.15) is 0 Å². The molecule has 0 heterocycles. The molecule has 58 valence electrons. The molecule has 0 spiro atoms. The van der Waals surface area contributed by atoms with Crippen LogP contribution >= 0.6 is 12.2 Å². The van der Waals surface area contributed by atoms with E-state index in [2.05, 4.69) is 28.4 Å². The van der Waals surface area contributed by atoms with Gasteiger partial charge in [-0.25, -0.2) is 0 Å². The van der Waals surface area contributed by atoms with Crippen molar-refractivity contribution in [3.63, 3.8) is 0 Å². The summed E-state index contributed by atoms with van der Waals surface area (Å²) in [5.41, 5.74) is 1.70. The van der Waals surface area contributed by atoms with E-state index in [4.69, 9.17) is 5.26 Å². The van der Waals surface area contributed by atoms with Crippen molar-refractivity contribution in [2.24, 2.45) is 4.99 Å². The fraction of sp³-hybridized carbons (Fsp3) is 0.111. The smallest absolute Gasteiger partial charge is 0.0742 e. The lowest BCUT2D eigenvalue weighted by atomic mass is 10.1. The van der Waals surface area contributed by atoms with Crippen molar-refractivity contribution >= 4 is 23.1 Å². The van der Waals surface area contributed by atoms with Gasteiger partial charge >= 0.3 is 0 Å². The molecule has 1 rings (SSSR count). The molecule has 0 N–H and O–H groups in total. The average Bonchev–Trinajstić information content (AvgIpc) is 2.06. The van der Waals surface area contributed by atoms with Crippen LogP contribution in [0.15, 0.2) is 29.3 Å². The number of benzene rings is 1. The highest BCUT2D eigenvalue weighted by Crippen LogP contribution is 2.13. The van der Waals surface area contributed by atoms with E-state index in [-0.39, 0.29) is 0 Å². The highest BCUT2D eigenvalue weighted by Gasteiger charge is 1.92. The van der Waals surface area contributed by atoms with E-state index < -0.39 is 0 Å². The summed E-state index contributed by atoms with van der Waals surface area (Å²) in [5.74, 6) is 0. The number of hydrogen-bond acceptors (Lipinski definition) is 3. The van der Waals surface area contributed by atoms with Crippen molar-refractivity contribution < 1.29 is 0 Å². The second kappa shape index (κ2) is 4.40. The summed E-state index contributed by atoms with van der Waals surface area (Å²) in [6, 6.07) is 9.43. The van der Waals surface area contributed by atoms with E-state index in [0.29, 0.717) is 6.42 Å². The topological polar surface area (TPSA) is 36.1 Å². The van der Waals surface area contributed by atoms with Gasteiger partial charge in [0.15, 0.2) is 0 Å². The standard InChI is InChI=1S/C9H6N2S/c10-5-4-8-2-1-3-9(6-8)11-7-12/h1-3,6H,4H2. The van der Waals surface area contributed by atoms with Crippen LogP contribution in [-0.2, 0) is 6.42 Å². The molecule has 0 fully saturated rings. The fourth-order valence-corrected chi connectivity index (χ4v) is 0.985. The first-order valence-electron chi connectivity index (χ1n) is 3.40. The minimum atomic E-state index is 0.404. The first kappa shape index (κ1) is 8.61. The normalized spacial score (nSPS) is 8.25. The van der Waals surface area contributed by atoms with Gasteiger partial charge in [0.05, 0.1) is 23.3 Å². The van der Waals surface area contributed by atoms with Gasteiger partial charge in [-0.15, -0.1) is 0 Å². The summed E-state index contributed by atoms with van der Waals surface area (Å²) in [7, 11) is 0. The molecule has 0 amide bonds. The molecule has 0 aliphatic heterocycles. The Morgan fingerprint density at radius 1 is 1.50 bits per heavy atom. The van der Waals surface area contributed by atoms with E-state index in [1.807, 2.05) is 24.3 Å². The molecule has 0 atom stereocenters. The first-order chi connectivity index (χ1) is 5.86. The van der Waals surface area contributed by atoms with Crippen LogP contribution in [0.2, 0.25) is 0 Å². The Kier molecular flexibility index (Phi) is 3.16. The summed E-state index contributed by atoms with van der Waals surface area (Å²) in [4.78, 5) is 3.80. The zero-order valence-electron chi connectivity index (χ0n) is 6.32. The van der Waals surface area contributed by atoms with Crippen LogP contribution in [0, 0.1) is 11.3 Å². The van der Waals surface area contributed by atoms with Crippen LogP contribution in [0.25, 0.3) is 0 Å². The van der Waals surface area contributed by atoms with E-state index >= 15 is 0 Å². The Hall–Kier alpha value is -1.49. The molecule has 0 bridgehead atoms. The maximum absolute atomic E-state index is 8.42. The SMILES string of the molecule is N#CCc1cccc(N=C=S)c1. The van der Waals surface area contributed by atoms with Crippen molar-refractivity contribution in [1.29, 1.82) is 5.26 Å². The summed E-state index contributed by atoms with van der Waals surface area (Å²) >= 11 is 4.46. The molecule has 0 aliphatic carbocycles. The summed E-state index contributed by atoms with van der Waals surface area (Å²) in [5, 5.41) is 10.7. The van der Waals surface area contributed by atoms with Crippen molar-refractivity contribution in [3.8, 4) is 6.07 Å². The Morgan fingerprint density at radius 3 is 3.00 bits per heavy atom. The van der Waals surface area contributed by atoms with Crippen molar-refractivity contribution in [2.75, 3.05) is 0 Å². The van der Waals surface area contributed by atoms with Crippen LogP contribution in [0.5, 0.6) is 0 Å². The van der Waals surface area contributed by atoms with Crippen molar-refractivity contribution in [2.45, 2.75) is 6.42 Å². The molecule has 0 unspecified atom stereocenters. The van der Waals surface area contributed by atoms with Crippen LogP contribution in [0.3, 0.4) is 0 Å². The number of isothiocyanates is 1. The third kappa shape index (κ3) is 2.28. The van der Waals surface area contributed by atoms with Crippen LogP contribution in [0.4, 0.5) is 5.69 Å². The Morgan fingerprint density at radius 2 is 2.33 bits per heavy atom. The van der Waals surface area contributed by atoms with Gasteiger partial charge in [-0.1, -0.05) is 12.1 Å². The maximum Gasteiger partial charge on any atom is 0.0742 e. The van der Waals surface area contributed by atoms with E-state index in [0.717, 1.165) is 11.3 Å². The number of thiocarbonyl (C=S) groups is 1. The van der Waals surface area contributed by atoms with E-state index in [9.17, 15) is 0 Å². The van der Waals surface area contributed by atoms with Gasteiger partial charge in [-0.2, -0.15) is 10.3 Å². The largest absolute Gasteiger partial charge is 0.198 e. The zero-order valence-corrected chi connectivity index (χ0v) is 7.14. The molecule has 3 heteroatoms. The van der Waals surface area contributed by atoms with Gasteiger partial charge in [0, 0.05) is 0 Å². The Labute approximate surface area is 76.2 Å². The highest BCUT2D eigenvalue weighted by molar-refractivity contribution is 7.78. The number of hydrogen-bond donors (Lipinski definition) is 0. The fourth-order valence-electron chi connectivity index (χ4n) is 0.880. The number of rotatable bonds is 2. The zero-order chi connectivity index (χ0) is 8.81. The summed E-state index contributed by atoms with van der Waals surface area (Å²) in [6.07, 6.45) is 0.404. The van der Waals surface area contributed by atoms with Crippen LogP contribution in [-0.4, -0.2) is 5.16 Å². The van der Waals surface area contributed by atoms with Gasteiger partial charge in [0.2, 0.25) is 0 Å². The predicted octanol–water partition coefficient (Wildman–Crippen LogP) is 2.49. The molecule has 0 aromatic heterocycles. The molecule has 2 nitrogen and oxygen atoms in total. The Bertz CT molecular complexity index is 359. The predicted molar refractivity (Wildman–Crippen MR) is 50.4 cm³/mol. The lowest BCUT2D eigenvalue weighted by Crippen LogP contribution is -1.78. The Balaban J connectivity index is 2.97. The van der Waals surface area contributed by atoms with Gasteiger partial charge < -0.3 is 0 Å². The molecule has 0 saturated heterocycles. The molecule has 0 aliphatic rings. The second-order valence-electron chi connectivity index (χ2n) is 2.21. The third-order valence-corrected chi connectivity index (χ3v) is 1.46. The molecule has 1 aromatic carbocycles. The lowest BCUT2D eigenvalue weighted by Gasteiger charge is -1.94. The lowest BCUT2D eigenvalue weighted by molar-refractivity contribution is 1.26. The minimum absolute atomic E-state index is 0.404. The van der Waals surface area contributed by atoms with Crippen molar-refractivity contribution in [3.05, 3.63) is 29.8 Å². The van der Waals surface area contributed by atoms with Gasteiger partial charge in [-0.3, -0.25) is 0 Å². The van der Waals surface area contributed by atoms with Crippen molar-refractivity contribution in [1.82, 2.24) is 0 Å². The molecule has 0 radical (unpaired) electrons. The summed E-state index contributed by atoms with van der Waals surface area (Å²) < 4.78 is 0. The quantitative estimate of drug-likeness (QED) is 0.510. The molecular weight excluding hydrogens is 168 g/mol. The minimum Gasteiger partial charge on any atom is -0.198 e. The van der Waals surface area contributed by atoms with E-state index in [1.54, 1.807) is 0 Å². The molecule has 0 saturated carbocycles. The summed E-state index contributed by atoms with van der Waals surface area (Å²) in [6.45, 7) is 0. The van der Waals surface area contributed by atoms with Crippen LogP contribution in [0.1, 0.15) is 5.56 Å². The van der Waals surface area contributed by atoms with Gasteiger partial charge in [-0.05, 0) is 29.9 Å².